The summed E-state index contributed by atoms with van der Waals surface area (Å²) in [5.41, 5.74) is 3.31. The molecule has 1 aromatic carbocycles. The average Bonchev–Trinajstić information content (AvgIpc) is 3.06. The molecule has 1 aromatic rings. The van der Waals surface area contributed by atoms with Crippen molar-refractivity contribution in [2.45, 2.75) is 34.6 Å². The highest BCUT2D eigenvalue weighted by atomic mass is 16.7. The Morgan fingerprint density at radius 1 is 1.27 bits per heavy atom. The summed E-state index contributed by atoms with van der Waals surface area (Å²) in [5, 5.41) is 3.90. The Kier molecular flexibility index (Phi) is 7.75. The molecule has 0 saturated heterocycles. The molecular formula is C24H30N2O4. The monoisotopic (exact) mass is 410 g/mol. The smallest absolute Gasteiger partial charge is 0.367 e. The van der Waals surface area contributed by atoms with E-state index in [9.17, 15) is 9.59 Å². The summed E-state index contributed by atoms with van der Waals surface area (Å²) >= 11 is 0. The Morgan fingerprint density at radius 2 is 1.93 bits per heavy atom. The van der Waals surface area contributed by atoms with Crippen LogP contribution in [0.15, 0.2) is 59.3 Å². The van der Waals surface area contributed by atoms with Crippen LogP contribution in [-0.4, -0.2) is 37.3 Å². The van der Waals surface area contributed by atoms with Crippen molar-refractivity contribution in [3.05, 3.63) is 59.7 Å². The fourth-order valence-electron chi connectivity index (χ4n) is 2.86. The van der Waals surface area contributed by atoms with Gasteiger partial charge in [0, 0.05) is 23.2 Å². The van der Waals surface area contributed by atoms with Crippen molar-refractivity contribution in [1.29, 1.82) is 0 Å². The molecule has 0 unspecified atom stereocenters. The lowest BCUT2D eigenvalue weighted by Gasteiger charge is -2.23. The highest BCUT2D eigenvalue weighted by Crippen LogP contribution is 2.27. The predicted octanol–water partition coefficient (Wildman–Crippen LogP) is 4.53. The Morgan fingerprint density at radius 3 is 2.50 bits per heavy atom. The summed E-state index contributed by atoms with van der Waals surface area (Å²) in [6.07, 6.45) is 5.49. The van der Waals surface area contributed by atoms with Crippen LogP contribution in [0.4, 0.5) is 5.69 Å². The highest BCUT2D eigenvalue weighted by molar-refractivity contribution is 6.24. The van der Waals surface area contributed by atoms with E-state index in [2.05, 4.69) is 23.6 Å². The molecule has 0 atom stereocenters. The topological polar surface area (TPSA) is 68.2 Å². The van der Waals surface area contributed by atoms with E-state index in [0.29, 0.717) is 30.0 Å². The van der Waals surface area contributed by atoms with E-state index in [1.807, 2.05) is 57.2 Å². The normalized spacial score (nSPS) is 15.3. The maximum atomic E-state index is 11.9. The molecule has 0 amide bonds. The summed E-state index contributed by atoms with van der Waals surface area (Å²) in [5.74, 6) is -0.794. The molecule has 0 bridgehead atoms. The average molecular weight is 411 g/mol. The number of hydrogen-bond acceptors (Lipinski definition) is 6. The van der Waals surface area contributed by atoms with Gasteiger partial charge in [-0.2, -0.15) is 0 Å². The number of hydrogen-bond donors (Lipinski definition) is 0. The van der Waals surface area contributed by atoms with Gasteiger partial charge in [-0.15, -0.1) is 0 Å². The van der Waals surface area contributed by atoms with Crippen LogP contribution in [0.25, 0.3) is 6.08 Å². The van der Waals surface area contributed by atoms with Crippen molar-refractivity contribution in [2.24, 2.45) is 10.6 Å². The zero-order chi connectivity index (χ0) is 22.3. The lowest BCUT2D eigenvalue weighted by Crippen LogP contribution is -2.28. The third-order valence-electron chi connectivity index (χ3n) is 4.54. The first-order valence-corrected chi connectivity index (χ1v) is 9.99. The van der Waals surface area contributed by atoms with Crippen LogP contribution in [-0.2, 0) is 19.2 Å². The van der Waals surface area contributed by atoms with Gasteiger partial charge in [0.15, 0.2) is 0 Å². The second-order valence-electron chi connectivity index (χ2n) is 8.10. The van der Waals surface area contributed by atoms with Gasteiger partial charge in [0.2, 0.25) is 0 Å². The molecule has 1 aliphatic heterocycles. The first-order valence-electron chi connectivity index (χ1n) is 9.99. The van der Waals surface area contributed by atoms with Gasteiger partial charge in [-0.1, -0.05) is 56.8 Å². The van der Waals surface area contributed by atoms with E-state index >= 15 is 0 Å². The summed E-state index contributed by atoms with van der Waals surface area (Å²) < 4.78 is 5.18. The summed E-state index contributed by atoms with van der Waals surface area (Å²) in [6.45, 7) is 14.9. The number of carbonyl (C=O) groups is 2. The van der Waals surface area contributed by atoms with Crippen LogP contribution < -0.4 is 4.90 Å². The molecule has 0 aromatic heterocycles. The summed E-state index contributed by atoms with van der Waals surface area (Å²) in [7, 11) is 0. The van der Waals surface area contributed by atoms with E-state index in [1.54, 1.807) is 13.0 Å². The molecule has 0 saturated carbocycles. The van der Waals surface area contributed by atoms with E-state index in [4.69, 9.17) is 9.57 Å². The molecule has 2 rings (SSSR count). The van der Waals surface area contributed by atoms with Crippen molar-refractivity contribution in [2.75, 3.05) is 24.6 Å². The minimum absolute atomic E-state index is 0.268. The van der Waals surface area contributed by atoms with Gasteiger partial charge < -0.3 is 14.5 Å². The van der Waals surface area contributed by atoms with Crippen LogP contribution in [0.5, 0.6) is 0 Å². The van der Waals surface area contributed by atoms with Crippen LogP contribution in [0.1, 0.15) is 40.2 Å². The van der Waals surface area contributed by atoms with Gasteiger partial charge in [0.05, 0.1) is 12.1 Å². The number of benzene rings is 1. The SMILES string of the molecule is C=C(C)C(=O)OCCN(CC)c1ccc(/C=C/C=C2\C(=O)ON=C2C(C)(C)C)cc1. The number of carbonyl (C=O) groups excluding carboxylic acids is 2. The lowest BCUT2D eigenvalue weighted by atomic mass is 9.85. The maximum Gasteiger partial charge on any atom is 0.367 e. The molecule has 0 aliphatic carbocycles. The Labute approximate surface area is 178 Å². The molecule has 0 radical (unpaired) electrons. The second-order valence-corrected chi connectivity index (χ2v) is 8.10. The third kappa shape index (κ3) is 6.17. The van der Waals surface area contributed by atoms with E-state index in [0.717, 1.165) is 17.8 Å². The molecule has 0 spiro atoms. The summed E-state index contributed by atoms with van der Waals surface area (Å²) in [4.78, 5) is 30.4. The number of nitrogens with zero attached hydrogens (tertiary/aromatic N) is 2. The predicted molar refractivity (Wildman–Crippen MR) is 120 cm³/mol. The maximum absolute atomic E-state index is 11.9. The first kappa shape index (κ1) is 23.1. The number of rotatable bonds is 8. The van der Waals surface area contributed by atoms with E-state index < -0.39 is 5.97 Å². The van der Waals surface area contributed by atoms with Crippen LogP contribution >= 0.6 is 0 Å². The van der Waals surface area contributed by atoms with Crippen molar-refractivity contribution in [3.8, 4) is 0 Å². The van der Waals surface area contributed by atoms with Gasteiger partial charge in [0.25, 0.3) is 0 Å². The molecule has 1 aliphatic rings. The number of anilines is 1. The largest absolute Gasteiger partial charge is 0.460 e. The van der Waals surface area contributed by atoms with Crippen molar-refractivity contribution < 1.29 is 19.2 Å². The molecular weight excluding hydrogens is 380 g/mol. The fraction of sp³-hybridized carbons (Fsp3) is 0.375. The highest BCUT2D eigenvalue weighted by Gasteiger charge is 2.33. The van der Waals surface area contributed by atoms with Gasteiger partial charge in [0.1, 0.15) is 12.3 Å². The van der Waals surface area contributed by atoms with Crippen molar-refractivity contribution in [3.63, 3.8) is 0 Å². The standard InChI is InChI=1S/C24H30N2O4/c1-7-26(15-16-29-22(27)17(2)3)19-13-11-18(12-14-19)9-8-10-20-21(24(4,5)6)25-30-23(20)28/h8-14H,2,7,15-16H2,1,3-6H3/b9-8+,20-10-. The molecule has 6 nitrogen and oxygen atoms in total. The molecule has 30 heavy (non-hydrogen) atoms. The number of allylic oxidation sites excluding steroid dienone is 2. The van der Waals surface area contributed by atoms with Crippen LogP contribution in [0, 0.1) is 5.41 Å². The van der Waals surface area contributed by atoms with Crippen LogP contribution in [0.3, 0.4) is 0 Å². The molecule has 0 N–H and O–H groups in total. The van der Waals surface area contributed by atoms with E-state index in [1.165, 1.54) is 0 Å². The number of ether oxygens (including phenoxy) is 1. The van der Waals surface area contributed by atoms with Gasteiger partial charge in [-0.25, -0.2) is 9.59 Å². The molecule has 160 valence electrons. The Bertz CT molecular complexity index is 887. The molecule has 0 fully saturated rings. The third-order valence-corrected chi connectivity index (χ3v) is 4.54. The number of oxime groups is 1. The van der Waals surface area contributed by atoms with Crippen molar-refractivity contribution >= 4 is 29.4 Å². The lowest BCUT2D eigenvalue weighted by molar-refractivity contribution is -0.139. The van der Waals surface area contributed by atoms with Gasteiger partial charge in [-0.05, 0) is 37.6 Å². The quantitative estimate of drug-likeness (QED) is 0.358. The van der Waals surface area contributed by atoms with Gasteiger partial charge >= 0.3 is 11.9 Å². The van der Waals surface area contributed by atoms with E-state index in [-0.39, 0.29) is 11.4 Å². The number of esters is 1. The minimum Gasteiger partial charge on any atom is -0.460 e. The molecule has 6 heteroatoms. The van der Waals surface area contributed by atoms with Gasteiger partial charge in [-0.3, -0.25) is 0 Å². The van der Waals surface area contributed by atoms with Crippen molar-refractivity contribution in [1.82, 2.24) is 0 Å². The first-order chi connectivity index (χ1) is 14.1. The Hall–Kier alpha value is -3.15. The second kappa shape index (κ2) is 10.1. The Balaban J connectivity index is 2.01. The van der Waals surface area contributed by atoms with Crippen LogP contribution in [0.2, 0.25) is 0 Å². The molecule has 1 heterocycles. The summed E-state index contributed by atoms with van der Waals surface area (Å²) in [6, 6.07) is 8.03. The number of likely N-dealkylation sites (N-methyl/N-ethyl adjacent to an activating group) is 1. The zero-order valence-electron chi connectivity index (χ0n) is 18.4. The fourth-order valence-corrected chi connectivity index (χ4v) is 2.86. The minimum atomic E-state index is -0.425. The zero-order valence-corrected chi connectivity index (χ0v) is 18.4.